The lowest BCUT2D eigenvalue weighted by Crippen LogP contribution is -2.56. The van der Waals surface area contributed by atoms with Gasteiger partial charge in [0.25, 0.3) is 0 Å². The van der Waals surface area contributed by atoms with Crippen LogP contribution in [0.2, 0.25) is 0 Å². The third kappa shape index (κ3) is 2.52. The molecule has 6 N–H and O–H groups in total. The first-order valence-electron chi connectivity index (χ1n) is 2.91. The van der Waals surface area contributed by atoms with Gasteiger partial charge in [0.15, 0.2) is 5.72 Å². The molecular formula is C5H11NO5. The predicted octanol–water partition coefficient (Wildman–Crippen LogP) is -3.45. The van der Waals surface area contributed by atoms with Gasteiger partial charge in [-0.2, -0.15) is 0 Å². The van der Waals surface area contributed by atoms with Gasteiger partial charge in [0.05, 0.1) is 13.2 Å². The summed E-state index contributed by atoms with van der Waals surface area (Å²) in [5.74, 6) is -1.21. The van der Waals surface area contributed by atoms with E-state index in [4.69, 9.17) is 26.2 Å². The summed E-state index contributed by atoms with van der Waals surface area (Å²) in [7, 11) is 0. The highest BCUT2D eigenvalue weighted by atomic mass is 16.4. The van der Waals surface area contributed by atoms with Crippen molar-refractivity contribution in [3.05, 3.63) is 0 Å². The third-order valence-electron chi connectivity index (χ3n) is 1.14. The summed E-state index contributed by atoms with van der Waals surface area (Å²) < 4.78 is 0. The van der Waals surface area contributed by atoms with Crippen molar-refractivity contribution in [1.29, 1.82) is 0 Å². The summed E-state index contributed by atoms with van der Waals surface area (Å²) in [6.45, 7) is -1.83. The number of aliphatic hydroxyl groups is 4. The molecule has 0 aromatic rings. The zero-order valence-electron chi connectivity index (χ0n) is 5.77. The molecule has 0 fully saturated rings. The van der Waals surface area contributed by atoms with Crippen LogP contribution < -0.4 is 5.73 Å². The third-order valence-corrected chi connectivity index (χ3v) is 1.14. The van der Waals surface area contributed by atoms with Crippen LogP contribution in [0.5, 0.6) is 0 Å². The Hall–Kier alpha value is -0.530. The molecule has 6 heteroatoms. The average molecular weight is 165 g/mol. The lowest BCUT2D eigenvalue weighted by atomic mass is 10.1. The first kappa shape index (κ1) is 10.5. The lowest BCUT2D eigenvalue weighted by molar-refractivity contribution is -0.151. The number of hydrogen-bond donors (Lipinski definition) is 5. The van der Waals surface area contributed by atoms with Crippen LogP contribution in [0, 0.1) is 0 Å². The van der Waals surface area contributed by atoms with Crippen LogP contribution in [0.15, 0.2) is 0 Å². The van der Waals surface area contributed by atoms with Crippen LogP contribution in [0.3, 0.4) is 0 Å². The van der Waals surface area contributed by atoms with Crippen molar-refractivity contribution in [2.75, 3.05) is 13.2 Å². The molecule has 0 aromatic heterocycles. The van der Waals surface area contributed by atoms with Gasteiger partial charge in [0, 0.05) is 0 Å². The minimum Gasteiger partial charge on any atom is -0.393 e. The van der Waals surface area contributed by atoms with Gasteiger partial charge in [-0.05, 0) is 0 Å². The van der Waals surface area contributed by atoms with E-state index in [-0.39, 0.29) is 0 Å². The van der Waals surface area contributed by atoms with Crippen LogP contribution in [0.25, 0.3) is 0 Å². The van der Waals surface area contributed by atoms with E-state index < -0.39 is 30.8 Å². The highest BCUT2D eigenvalue weighted by Gasteiger charge is 2.34. The summed E-state index contributed by atoms with van der Waals surface area (Å²) in [6, 6.07) is 0. The Bertz CT molecular complexity index is 146. The van der Waals surface area contributed by atoms with Crippen molar-refractivity contribution in [2.24, 2.45) is 5.73 Å². The highest BCUT2D eigenvalue weighted by Crippen LogP contribution is 1.99. The summed E-state index contributed by atoms with van der Waals surface area (Å²) in [5.41, 5.74) is 2.35. The second-order valence-corrected chi connectivity index (χ2v) is 2.14. The number of aliphatic hydroxyl groups excluding tert-OH is 3. The van der Waals surface area contributed by atoms with Crippen molar-refractivity contribution in [3.8, 4) is 0 Å². The van der Waals surface area contributed by atoms with Gasteiger partial charge in [-0.1, -0.05) is 0 Å². The zero-order valence-corrected chi connectivity index (χ0v) is 5.77. The number of nitrogens with two attached hydrogens (primary N) is 1. The average Bonchev–Trinajstić information content (AvgIpc) is 2.01. The van der Waals surface area contributed by atoms with Gasteiger partial charge < -0.3 is 20.4 Å². The summed E-state index contributed by atoms with van der Waals surface area (Å²) >= 11 is 0. The number of carbonyl (C=O) groups is 1. The van der Waals surface area contributed by atoms with Crippen molar-refractivity contribution in [2.45, 2.75) is 11.8 Å². The fourth-order valence-electron chi connectivity index (χ4n) is 0.449. The van der Waals surface area contributed by atoms with Gasteiger partial charge in [-0.25, -0.2) is 0 Å². The van der Waals surface area contributed by atoms with E-state index in [1.807, 2.05) is 0 Å². The van der Waals surface area contributed by atoms with Crippen LogP contribution in [0.1, 0.15) is 0 Å². The van der Waals surface area contributed by atoms with Gasteiger partial charge in [-0.15, -0.1) is 0 Å². The Kier molecular flexibility index (Phi) is 3.56. The molecule has 0 unspecified atom stereocenters. The minimum atomic E-state index is -2.47. The SMILES string of the molecule is N[C@@](O)(CO)C(=O)[C@H](O)CO. The maximum absolute atomic E-state index is 10.7. The van der Waals surface area contributed by atoms with Crippen LogP contribution in [0.4, 0.5) is 0 Å². The molecule has 0 heterocycles. The molecule has 0 saturated heterocycles. The van der Waals surface area contributed by atoms with Crippen LogP contribution >= 0.6 is 0 Å². The molecule has 0 bridgehead atoms. The number of carbonyl (C=O) groups excluding carboxylic acids is 1. The van der Waals surface area contributed by atoms with E-state index in [1.54, 1.807) is 0 Å². The Morgan fingerprint density at radius 1 is 1.55 bits per heavy atom. The molecule has 0 aliphatic carbocycles. The summed E-state index contributed by atoms with van der Waals surface area (Å²) in [5, 5.41) is 34.0. The quantitative estimate of drug-likeness (QED) is 0.276. The van der Waals surface area contributed by atoms with E-state index in [2.05, 4.69) is 0 Å². The number of rotatable bonds is 4. The molecule has 0 rings (SSSR count). The Labute approximate surface area is 62.9 Å². The van der Waals surface area contributed by atoms with E-state index in [9.17, 15) is 4.79 Å². The molecule has 66 valence electrons. The molecule has 6 nitrogen and oxygen atoms in total. The number of hydrogen-bond acceptors (Lipinski definition) is 6. The zero-order chi connectivity index (χ0) is 9.07. The molecule has 2 atom stereocenters. The van der Waals surface area contributed by atoms with E-state index in [0.717, 1.165) is 0 Å². The summed E-state index contributed by atoms with van der Waals surface area (Å²) in [4.78, 5) is 10.7. The molecule has 0 aliphatic heterocycles. The van der Waals surface area contributed by atoms with Crippen molar-refractivity contribution in [1.82, 2.24) is 0 Å². The number of ketones is 1. The largest absolute Gasteiger partial charge is 0.393 e. The molecule has 0 saturated carbocycles. The molecule has 0 radical (unpaired) electrons. The minimum absolute atomic E-state index is 0.835. The molecule has 0 aromatic carbocycles. The first-order valence-corrected chi connectivity index (χ1v) is 2.91. The highest BCUT2D eigenvalue weighted by molar-refractivity contribution is 5.90. The Balaban J connectivity index is 4.23. The molecular weight excluding hydrogens is 154 g/mol. The predicted molar refractivity (Wildman–Crippen MR) is 34.3 cm³/mol. The van der Waals surface area contributed by atoms with Crippen LogP contribution in [-0.4, -0.2) is 51.3 Å². The molecule has 0 amide bonds. The van der Waals surface area contributed by atoms with Crippen molar-refractivity contribution < 1.29 is 25.2 Å². The Morgan fingerprint density at radius 3 is 2.27 bits per heavy atom. The molecule has 0 spiro atoms. The van der Waals surface area contributed by atoms with Crippen molar-refractivity contribution in [3.63, 3.8) is 0 Å². The smallest absolute Gasteiger partial charge is 0.212 e. The van der Waals surface area contributed by atoms with E-state index >= 15 is 0 Å². The van der Waals surface area contributed by atoms with Crippen LogP contribution in [-0.2, 0) is 4.79 Å². The number of Topliss-reactive ketones (excluding diaryl/α,β-unsaturated/α-hetero) is 1. The lowest BCUT2D eigenvalue weighted by Gasteiger charge is -2.20. The standard InChI is InChI=1S/C5H11NO5/c6-5(11,2-8)4(10)3(9)1-7/h3,7-9,11H,1-2,6H2/t3-,5-/m1/s1. The van der Waals surface area contributed by atoms with Gasteiger partial charge in [0.1, 0.15) is 6.10 Å². The topological polar surface area (TPSA) is 124 Å². The fourth-order valence-corrected chi connectivity index (χ4v) is 0.449. The maximum Gasteiger partial charge on any atom is 0.212 e. The summed E-state index contributed by atoms with van der Waals surface area (Å²) in [6.07, 6.45) is -1.75. The normalized spacial score (nSPS) is 19.0. The van der Waals surface area contributed by atoms with Crippen molar-refractivity contribution >= 4 is 5.78 Å². The molecule has 0 aliphatic rings. The second-order valence-electron chi connectivity index (χ2n) is 2.14. The van der Waals surface area contributed by atoms with E-state index in [1.165, 1.54) is 0 Å². The first-order chi connectivity index (χ1) is 4.95. The second kappa shape index (κ2) is 3.74. The van der Waals surface area contributed by atoms with E-state index in [0.29, 0.717) is 0 Å². The maximum atomic E-state index is 10.7. The molecule has 11 heavy (non-hydrogen) atoms. The van der Waals surface area contributed by atoms with Gasteiger partial charge in [-0.3, -0.25) is 10.5 Å². The fraction of sp³-hybridized carbons (Fsp3) is 0.800. The Morgan fingerprint density at radius 2 is 2.00 bits per heavy atom. The van der Waals surface area contributed by atoms with Gasteiger partial charge in [0.2, 0.25) is 5.78 Å². The monoisotopic (exact) mass is 165 g/mol. The van der Waals surface area contributed by atoms with Gasteiger partial charge >= 0.3 is 0 Å².